The standard InChI is InChI=1S/C23H28ClFO/c1-3-4-5-16-6-8-17(9-7-16)18-10-12-19(13-11-18)20-14-15-21(26-2)23(25)22(20)24/h10-17H,3-9H2,1-2H3. The first-order chi connectivity index (χ1) is 12.6. The Hall–Kier alpha value is -1.54. The first-order valence-corrected chi connectivity index (χ1v) is 10.1. The maximum absolute atomic E-state index is 14.2. The molecular weight excluding hydrogens is 347 g/mol. The van der Waals surface area contributed by atoms with Crippen molar-refractivity contribution in [3.8, 4) is 16.9 Å². The van der Waals surface area contributed by atoms with Gasteiger partial charge in [-0.15, -0.1) is 0 Å². The van der Waals surface area contributed by atoms with Crippen LogP contribution in [0, 0.1) is 11.7 Å². The maximum Gasteiger partial charge on any atom is 0.184 e. The molecule has 0 atom stereocenters. The second-order valence-electron chi connectivity index (χ2n) is 7.43. The molecule has 1 aliphatic carbocycles. The van der Waals surface area contributed by atoms with Gasteiger partial charge in [0.25, 0.3) is 0 Å². The van der Waals surface area contributed by atoms with E-state index in [9.17, 15) is 4.39 Å². The van der Waals surface area contributed by atoms with Gasteiger partial charge >= 0.3 is 0 Å². The van der Waals surface area contributed by atoms with E-state index >= 15 is 0 Å². The predicted octanol–water partition coefficient (Wildman–Crippen LogP) is 7.62. The average molecular weight is 375 g/mol. The molecule has 2 aromatic carbocycles. The quantitative estimate of drug-likeness (QED) is 0.505. The number of unbranched alkanes of at least 4 members (excludes halogenated alkanes) is 1. The number of ether oxygens (including phenoxy) is 1. The molecule has 0 saturated heterocycles. The molecule has 2 aromatic rings. The zero-order valence-electron chi connectivity index (χ0n) is 15.7. The zero-order chi connectivity index (χ0) is 18.5. The van der Waals surface area contributed by atoms with Gasteiger partial charge in [0, 0.05) is 5.56 Å². The lowest BCUT2D eigenvalue weighted by Gasteiger charge is -2.29. The van der Waals surface area contributed by atoms with E-state index in [-0.39, 0.29) is 10.8 Å². The highest BCUT2D eigenvalue weighted by Gasteiger charge is 2.22. The van der Waals surface area contributed by atoms with Gasteiger partial charge < -0.3 is 4.74 Å². The van der Waals surface area contributed by atoms with Crippen LogP contribution in [-0.2, 0) is 0 Å². The van der Waals surface area contributed by atoms with Crippen LogP contribution in [0.1, 0.15) is 63.4 Å². The van der Waals surface area contributed by atoms with Crippen LogP contribution in [0.25, 0.3) is 11.1 Å². The molecule has 0 N–H and O–H groups in total. The topological polar surface area (TPSA) is 9.23 Å². The fourth-order valence-electron chi connectivity index (χ4n) is 4.12. The fraction of sp³-hybridized carbons (Fsp3) is 0.478. The van der Waals surface area contributed by atoms with E-state index in [0.717, 1.165) is 11.5 Å². The highest BCUT2D eigenvalue weighted by molar-refractivity contribution is 6.33. The number of rotatable bonds is 6. The van der Waals surface area contributed by atoms with Gasteiger partial charge in [-0.1, -0.05) is 62.1 Å². The summed E-state index contributed by atoms with van der Waals surface area (Å²) in [5, 5.41) is 0.119. The summed E-state index contributed by atoms with van der Waals surface area (Å²) >= 11 is 6.20. The summed E-state index contributed by atoms with van der Waals surface area (Å²) in [6.07, 6.45) is 9.32. The summed E-state index contributed by atoms with van der Waals surface area (Å²) in [5.41, 5.74) is 3.05. The van der Waals surface area contributed by atoms with Crippen molar-refractivity contribution >= 4 is 11.6 Å². The molecule has 0 bridgehead atoms. The molecule has 0 spiro atoms. The van der Waals surface area contributed by atoms with Gasteiger partial charge in [-0.3, -0.25) is 0 Å². The van der Waals surface area contributed by atoms with Gasteiger partial charge in [0.15, 0.2) is 11.6 Å². The molecule has 3 heteroatoms. The van der Waals surface area contributed by atoms with Crippen LogP contribution < -0.4 is 4.74 Å². The van der Waals surface area contributed by atoms with Gasteiger partial charge in [-0.25, -0.2) is 4.39 Å². The second kappa shape index (κ2) is 8.90. The monoisotopic (exact) mass is 374 g/mol. The first-order valence-electron chi connectivity index (χ1n) is 9.76. The molecule has 0 amide bonds. The Balaban J connectivity index is 1.69. The highest BCUT2D eigenvalue weighted by atomic mass is 35.5. The number of benzene rings is 2. The SMILES string of the molecule is CCCCC1CCC(c2ccc(-c3ccc(OC)c(F)c3Cl)cc2)CC1. The first kappa shape index (κ1) is 19.2. The number of hydrogen-bond donors (Lipinski definition) is 0. The van der Waals surface area contributed by atoms with Crippen molar-refractivity contribution in [1.29, 1.82) is 0 Å². The molecule has 3 rings (SSSR count). The van der Waals surface area contributed by atoms with Crippen LogP contribution in [0.2, 0.25) is 5.02 Å². The molecule has 0 aliphatic heterocycles. The molecule has 0 unspecified atom stereocenters. The molecule has 1 nitrogen and oxygen atoms in total. The highest BCUT2D eigenvalue weighted by Crippen LogP contribution is 2.39. The number of halogens is 2. The third-order valence-electron chi connectivity index (χ3n) is 5.77. The molecular formula is C23H28ClFO. The van der Waals surface area contributed by atoms with Gasteiger partial charge in [-0.05, 0) is 60.8 Å². The Morgan fingerprint density at radius 1 is 1.04 bits per heavy atom. The van der Waals surface area contributed by atoms with E-state index in [4.69, 9.17) is 16.3 Å². The van der Waals surface area contributed by atoms with E-state index in [1.54, 1.807) is 6.07 Å². The molecule has 1 fully saturated rings. The second-order valence-corrected chi connectivity index (χ2v) is 7.80. The van der Waals surface area contributed by atoms with Crippen molar-refractivity contribution in [1.82, 2.24) is 0 Å². The summed E-state index contributed by atoms with van der Waals surface area (Å²) in [6.45, 7) is 2.27. The summed E-state index contributed by atoms with van der Waals surface area (Å²) in [7, 11) is 1.44. The lowest BCUT2D eigenvalue weighted by molar-refractivity contribution is 0.304. The Morgan fingerprint density at radius 3 is 2.35 bits per heavy atom. The van der Waals surface area contributed by atoms with Gasteiger partial charge in [0.2, 0.25) is 0 Å². The van der Waals surface area contributed by atoms with E-state index in [0.29, 0.717) is 11.5 Å². The molecule has 1 saturated carbocycles. The van der Waals surface area contributed by atoms with Crippen LogP contribution in [0.5, 0.6) is 5.75 Å². The van der Waals surface area contributed by atoms with Crippen molar-refractivity contribution in [2.24, 2.45) is 5.92 Å². The summed E-state index contributed by atoms with van der Waals surface area (Å²) in [4.78, 5) is 0. The largest absolute Gasteiger partial charge is 0.494 e. The molecule has 140 valence electrons. The van der Waals surface area contributed by atoms with Crippen molar-refractivity contribution in [2.75, 3.05) is 7.11 Å². The maximum atomic E-state index is 14.2. The Kier molecular flexibility index (Phi) is 6.58. The van der Waals surface area contributed by atoms with E-state index in [2.05, 4.69) is 31.2 Å². The lowest BCUT2D eigenvalue weighted by atomic mass is 9.77. The Morgan fingerprint density at radius 2 is 1.73 bits per heavy atom. The van der Waals surface area contributed by atoms with Gasteiger partial charge in [0.1, 0.15) is 0 Å². The van der Waals surface area contributed by atoms with Gasteiger partial charge in [0.05, 0.1) is 12.1 Å². The van der Waals surface area contributed by atoms with Crippen molar-refractivity contribution in [2.45, 2.75) is 57.8 Å². The molecule has 26 heavy (non-hydrogen) atoms. The van der Waals surface area contributed by atoms with Crippen LogP contribution in [0.15, 0.2) is 36.4 Å². The summed E-state index contributed by atoms with van der Waals surface area (Å²) in [5.74, 6) is 1.26. The summed E-state index contributed by atoms with van der Waals surface area (Å²) in [6, 6.07) is 11.9. The van der Waals surface area contributed by atoms with Crippen LogP contribution in [0.3, 0.4) is 0 Å². The van der Waals surface area contributed by atoms with Crippen LogP contribution in [-0.4, -0.2) is 7.11 Å². The minimum atomic E-state index is -0.499. The fourth-order valence-corrected chi connectivity index (χ4v) is 4.39. The third kappa shape index (κ3) is 4.23. The third-order valence-corrected chi connectivity index (χ3v) is 6.14. The Bertz CT molecular complexity index is 718. The van der Waals surface area contributed by atoms with E-state index in [1.165, 1.54) is 57.6 Å². The van der Waals surface area contributed by atoms with Gasteiger partial charge in [-0.2, -0.15) is 0 Å². The van der Waals surface area contributed by atoms with E-state index in [1.807, 2.05) is 6.07 Å². The minimum Gasteiger partial charge on any atom is -0.494 e. The van der Waals surface area contributed by atoms with Crippen LogP contribution in [0.4, 0.5) is 4.39 Å². The molecule has 0 radical (unpaired) electrons. The van der Waals surface area contributed by atoms with Crippen molar-refractivity contribution in [3.05, 3.63) is 52.8 Å². The van der Waals surface area contributed by atoms with Crippen molar-refractivity contribution in [3.63, 3.8) is 0 Å². The number of hydrogen-bond acceptors (Lipinski definition) is 1. The minimum absolute atomic E-state index is 0.119. The Labute approximate surface area is 161 Å². The smallest absolute Gasteiger partial charge is 0.184 e. The average Bonchev–Trinajstić information content (AvgIpc) is 2.69. The predicted molar refractivity (Wildman–Crippen MR) is 108 cm³/mol. The number of methoxy groups -OCH3 is 1. The summed E-state index contributed by atoms with van der Waals surface area (Å²) < 4.78 is 19.2. The van der Waals surface area contributed by atoms with Crippen LogP contribution >= 0.6 is 11.6 Å². The zero-order valence-corrected chi connectivity index (χ0v) is 16.5. The van der Waals surface area contributed by atoms with Crippen molar-refractivity contribution < 1.29 is 9.13 Å². The van der Waals surface area contributed by atoms with E-state index < -0.39 is 5.82 Å². The lowest BCUT2D eigenvalue weighted by Crippen LogP contribution is -2.13. The molecule has 0 aromatic heterocycles. The molecule has 0 heterocycles. The molecule has 1 aliphatic rings. The normalized spacial score (nSPS) is 20.2.